The van der Waals surface area contributed by atoms with Crippen molar-refractivity contribution in [3.05, 3.63) is 188 Å². The van der Waals surface area contributed by atoms with Gasteiger partial charge >= 0.3 is 0 Å². The highest BCUT2D eigenvalue weighted by Gasteiger charge is 2.19. The number of hydrogen-bond donors (Lipinski definition) is 0. The Morgan fingerprint density at radius 1 is 0.308 bits per heavy atom. The molecule has 11 aromatic rings. The van der Waals surface area contributed by atoms with Gasteiger partial charge in [-0.2, -0.15) is 0 Å². The van der Waals surface area contributed by atoms with E-state index in [9.17, 15) is 0 Å². The molecule has 0 unspecified atom stereocenters. The Kier molecular flexibility index (Phi) is 6.25. The first-order chi connectivity index (χ1) is 25.8. The van der Waals surface area contributed by atoms with Gasteiger partial charge in [-0.15, -0.1) is 0 Å². The number of rotatable bonds is 4. The van der Waals surface area contributed by atoms with Crippen LogP contribution in [0.4, 0.5) is 0 Å². The Morgan fingerprint density at radius 3 is 1.62 bits per heavy atom. The van der Waals surface area contributed by atoms with Crippen LogP contribution in [0, 0.1) is 0 Å². The summed E-state index contributed by atoms with van der Waals surface area (Å²) in [5, 5.41) is 8.62. The number of nitrogens with zero attached hydrogens (tertiary/aromatic N) is 3. The summed E-state index contributed by atoms with van der Waals surface area (Å²) in [5.41, 5.74) is 12.6. The fraction of sp³-hybridized carbons (Fsp3) is 0. The van der Waals surface area contributed by atoms with Crippen molar-refractivity contribution in [2.45, 2.75) is 0 Å². The smallest absolute Gasteiger partial charge is 0.0788 e. The zero-order valence-corrected chi connectivity index (χ0v) is 28.2. The molecule has 3 nitrogen and oxygen atoms in total. The van der Waals surface area contributed by atoms with E-state index in [0.717, 1.165) is 28.1 Å². The molecule has 0 bridgehead atoms. The first-order valence-electron chi connectivity index (χ1n) is 17.8. The standard InChI is InChI=1S/C49H31N3/c1-2-13-33(14-3-1)49-41-29-30-46-48(47(41)39-19-4-8-21-42(39)50-49)40-20-7-11-24-45(40)51(46)35-27-25-32(26-28-35)34-15-12-16-36(31-34)52-43-22-9-5-17-37(43)38-18-6-10-23-44(38)52/h1-31H. The average Bonchev–Trinajstić information content (AvgIpc) is 3.74. The molecule has 3 heteroatoms. The minimum atomic E-state index is 1.01. The highest BCUT2D eigenvalue weighted by molar-refractivity contribution is 6.29. The van der Waals surface area contributed by atoms with E-state index in [2.05, 4.69) is 197 Å². The molecule has 0 spiro atoms. The highest BCUT2D eigenvalue weighted by atomic mass is 15.0. The second-order valence-electron chi connectivity index (χ2n) is 13.5. The zero-order valence-electron chi connectivity index (χ0n) is 28.2. The molecule has 242 valence electrons. The van der Waals surface area contributed by atoms with Gasteiger partial charge in [0.2, 0.25) is 0 Å². The van der Waals surface area contributed by atoms with Crippen molar-refractivity contribution in [1.29, 1.82) is 0 Å². The van der Waals surface area contributed by atoms with Crippen LogP contribution in [-0.4, -0.2) is 14.1 Å². The van der Waals surface area contributed by atoms with Gasteiger partial charge in [-0.3, -0.25) is 0 Å². The van der Waals surface area contributed by atoms with Crippen LogP contribution < -0.4 is 0 Å². The van der Waals surface area contributed by atoms with Crippen LogP contribution in [0.1, 0.15) is 0 Å². The lowest BCUT2D eigenvalue weighted by Gasteiger charge is -2.13. The maximum atomic E-state index is 5.21. The SMILES string of the molecule is c1ccc(-c2nc3ccccc3c3c2ccc2c3c3ccccc3n2-c2ccc(-c3cccc(-n4c5ccccc5c5ccccc54)c3)cc2)cc1. The summed E-state index contributed by atoms with van der Waals surface area (Å²) in [5.74, 6) is 0. The number of para-hydroxylation sites is 4. The largest absolute Gasteiger partial charge is 0.309 e. The van der Waals surface area contributed by atoms with Crippen LogP contribution in [0.2, 0.25) is 0 Å². The molecule has 0 aliphatic rings. The quantitative estimate of drug-likeness (QED) is 0.172. The van der Waals surface area contributed by atoms with Crippen LogP contribution in [0.5, 0.6) is 0 Å². The van der Waals surface area contributed by atoms with Gasteiger partial charge in [-0.05, 0) is 65.7 Å². The molecule has 0 amide bonds. The molecule has 0 aliphatic carbocycles. The molecule has 0 fully saturated rings. The third-order valence-electron chi connectivity index (χ3n) is 10.7. The lowest BCUT2D eigenvalue weighted by Crippen LogP contribution is -1.95. The van der Waals surface area contributed by atoms with Crippen molar-refractivity contribution in [3.8, 4) is 33.8 Å². The first kappa shape index (κ1) is 28.8. The van der Waals surface area contributed by atoms with Crippen molar-refractivity contribution >= 4 is 65.3 Å². The maximum Gasteiger partial charge on any atom is 0.0788 e. The van der Waals surface area contributed by atoms with E-state index in [1.807, 2.05) is 0 Å². The van der Waals surface area contributed by atoms with Crippen molar-refractivity contribution in [1.82, 2.24) is 14.1 Å². The fourth-order valence-corrected chi connectivity index (χ4v) is 8.42. The van der Waals surface area contributed by atoms with E-state index < -0.39 is 0 Å². The lowest BCUT2D eigenvalue weighted by molar-refractivity contribution is 1.18. The molecule has 0 saturated carbocycles. The van der Waals surface area contributed by atoms with Gasteiger partial charge in [-0.1, -0.05) is 133 Å². The highest BCUT2D eigenvalue weighted by Crippen LogP contribution is 2.42. The fourth-order valence-electron chi connectivity index (χ4n) is 8.42. The second-order valence-corrected chi connectivity index (χ2v) is 13.5. The summed E-state index contributed by atoms with van der Waals surface area (Å²) in [6.07, 6.45) is 0. The van der Waals surface area contributed by atoms with Crippen LogP contribution in [0.25, 0.3) is 99.0 Å². The minimum Gasteiger partial charge on any atom is -0.309 e. The summed E-state index contributed by atoms with van der Waals surface area (Å²) in [6.45, 7) is 0. The van der Waals surface area contributed by atoms with E-state index >= 15 is 0 Å². The van der Waals surface area contributed by atoms with Crippen molar-refractivity contribution < 1.29 is 0 Å². The van der Waals surface area contributed by atoms with E-state index in [-0.39, 0.29) is 0 Å². The molecule has 0 atom stereocenters. The Bertz CT molecular complexity index is 3110. The second kappa shape index (κ2) is 11.3. The number of hydrogen-bond acceptors (Lipinski definition) is 1. The minimum absolute atomic E-state index is 1.01. The van der Waals surface area contributed by atoms with Crippen LogP contribution in [-0.2, 0) is 0 Å². The molecule has 0 radical (unpaired) electrons. The number of fused-ring (bicyclic) bond motifs is 10. The molecule has 0 N–H and O–H groups in total. The number of pyridine rings is 1. The average molecular weight is 662 g/mol. The maximum absolute atomic E-state index is 5.21. The van der Waals surface area contributed by atoms with Gasteiger partial charge in [0.25, 0.3) is 0 Å². The normalized spacial score (nSPS) is 11.8. The van der Waals surface area contributed by atoms with Crippen LogP contribution in [0.15, 0.2) is 188 Å². The Morgan fingerprint density at radius 2 is 0.885 bits per heavy atom. The van der Waals surface area contributed by atoms with Gasteiger partial charge in [0, 0.05) is 54.6 Å². The molecule has 52 heavy (non-hydrogen) atoms. The van der Waals surface area contributed by atoms with E-state index in [4.69, 9.17) is 4.98 Å². The third kappa shape index (κ3) is 4.23. The monoisotopic (exact) mass is 661 g/mol. The van der Waals surface area contributed by atoms with Crippen LogP contribution in [0.3, 0.4) is 0 Å². The van der Waals surface area contributed by atoms with Crippen molar-refractivity contribution in [2.75, 3.05) is 0 Å². The summed E-state index contributed by atoms with van der Waals surface area (Å²) >= 11 is 0. The predicted molar refractivity (Wildman–Crippen MR) is 219 cm³/mol. The topological polar surface area (TPSA) is 22.8 Å². The molecule has 11 rings (SSSR count). The lowest BCUT2D eigenvalue weighted by atomic mass is 9.96. The van der Waals surface area contributed by atoms with Crippen LogP contribution >= 0.6 is 0 Å². The molecule has 0 aliphatic heterocycles. The van der Waals surface area contributed by atoms with Gasteiger partial charge in [0.1, 0.15) is 0 Å². The summed E-state index contributed by atoms with van der Waals surface area (Å²) in [7, 11) is 0. The van der Waals surface area contributed by atoms with Crippen molar-refractivity contribution in [3.63, 3.8) is 0 Å². The Balaban J connectivity index is 1.09. The van der Waals surface area contributed by atoms with E-state index in [1.54, 1.807) is 0 Å². The first-order valence-corrected chi connectivity index (χ1v) is 17.8. The summed E-state index contributed by atoms with van der Waals surface area (Å²) < 4.78 is 4.80. The predicted octanol–water partition coefficient (Wildman–Crippen LogP) is 12.9. The van der Waals surface area contributed by atoms with Gasteiger partial charge in [0.15, 0.2) is 0 Å². The van der Waals surface area contributed by atoms with Gasteiger partial charge in [0.05, 0.1) is 33.3 Å². The molecular formula is C49H31N3. The van der Waals surface area contributed by atoms with E-state index in [0.29, 0.717) is 0 Å². The molecule has 3 aromatic heterocycles. The Hall–Kier alpha value is -6.97. The van der Waals surface area contributed by atoms with E-state index in [1.165, 1.54) is 70.9 Å². The number of aromatic nitrogens is 3. The Labute approximate surface area is 300 Å². The number of benzene rings is 8. The summed E-state index contributed by atoms with van der Waals surface area (Å²) in [6, 6.07) is 67.8. The van der Waals surface area contributed by atoms with Gasteiger partial charge in [-0.25, -0.2) is 4.98 Å². The van der Waals surface area contributed by atoms with Gasteiger partial charge < -0.3 is 9.13 Å². The summed E-state index contributed by atoms with van der Waals surface area (Å²) in [4.78, 5) is 5.21. The zero-order chi connectivity index (χ0) is 34.2. The molecule has 8 aromatic carbocycles. The molecule has 0 saturated heterocycles. The molecule has 3 heterocycles. The van der Waals surface area contributed by atoms with Crippen molar-refractivity contribution in [2.24, 2.45) is 0 Å². The third-order valence-corrected chi connectivity index (χ3v) is 10.7. The molecular weight excluding hydrogens is 631 g/mol.